The summed E-state index contributed by atoms with van der Waals surface area (Å²) >= 11 is 0. The zero-order valence-electron chi connectivity index (χ0n) is 26.0. The Balaban J connectivity index is 0.00000461. The summed E-state index contributed by atoms with van der Waals surface area (Å²) in [7, 11) is 0. The van der Waals surface area contributed by atoms with Crippen molar-refractivity contribution in [2.75, 3.05) is 0 Å². The maximum atomic E-state index is 11.5. The second kappa shape index (κ2) is 13.1. The van der Waals surface area contributed by atoms with Crippen molar-refractivity contribution in [1.82, 2.24) is 19.9 Å². The average molecular weight is 653 g/mol. The van der Waals surface area contributed by atoms with Crippen LogP contribution in [0.2, 0.25) is 0 Å². The first-order valence-corrected chi connectivity index (χ1v) is 14.6. The van der Waals surface area contributed by atoms with Crippen LogP contribution in [0.3, 0.4) is 0 Å². The molecule has 3 aromatic rings. The number of carboxylic acid groups (broad SMARTS) is 2. The second-order valence-electron chi connectivity index (χ2n) is 11.5. The molecule has 45 heavy (non-hydrogen) atoms. The Morgan fingerprint density at radius 3 is 1.82 bits per heavy atom. The third kappa shape index (κ3) is 6.53. The van der Waals surface area contributed by atoms with Gasteiger partial charge in [-0.3, -0.25) is 9.59 Å². The molecule has 5 heterocycles. The molecule has 3 aromatic heterocycles. The fourth-order valence-corrected chi connectivity index (χ4v) is 6.15. The quantitative estimate of drug-likeness (QED) is 0.232. The van der Waals surface area contributed by atoms with E-state index in [0.717, 1.165) is 33.4 Å². The molecule has 11 heteroatoms. The van der Waals surface area contributed by atoms with Crippen LogP contribution in [-0.2, 0) is 33.1 Å². The van der Waals surface area contributed by atoms with Crippen molar-refractivity contribution in [3.05, 3.63) is 69.3 Å². The molecule has 0 aromatic carbocycles. The summed E-state index contributed by atoms with van der Waals surface area (Å²) in [6.07, 6.45) is -1.32. The van der Waals surface area contributed by atoms with Gasteiger partial charge in [-0.05, 0) is 76.7 Å². The Labute approximate surface area is 271 Å². The molecule has 10 nitrogen and oxygen atoms in total. The normalized spacial score (nSPS) is 14.4. The summed E-state index contributed by atoms with van der Waals surface area (Å²) in [4.78, 5) is 42.6. The van der Waals surface area contributed by atoms with Crippen molar-refractivity contribution >= 4 is 56.3 Å². The maximum Gasteiger partial charge on any atom is 2.00 e. The zero-order chi connectivity index (χ0) is 32.0. The van der Waals surface area contributed by atoms with Crippen LogP contribution in [-0.4, -0.2) is 48.4 Å². The smallest absolute Gasteiger partial charge is 0.657 e. The molecular formula is C34H36FeN4O6. The van der Waals surface area contributed by atoms with Crippen molar-refractivity contribution in [2.24, 2.45) is 0 Å². The number of aliphatic carboxylic acids is 2. The predicted molar refractivity (Wildman–Crippen MR) is 169 cm³/mol. The second-order valence-corrected chi connectivity index (χ2v) is 11.5. The summed E-state index contributed by atoms with van der Waals surface area (Å²) in [5, 5.41) is 40.4. The van der Waals surface area contributed by atoms with Crippen LogP contribution in [0.25, 0.3) is 44.4 Å². The molecular weight excluding hydrogens is 616 g/mol. The van der Waals surface area contributed by atoms with E-state index in [1.165, 1.54) is 0 Å². The van der Waals surface area contributed by atoms with Gasteiger partial charge in [-0.2, -0.15) is 0 Å². The molecule has 2 unspecified atom stereocenters. The molecule has 0 aliphatic carbocycles. The number of aryl methyl sites for hydroxylation is 3. The summed E-state index contributed by atoms with van der Waals surface area (Å²) < 4.78 is 0. The van der Waals surface area contributed by atoms with E-state index < -0.39 is 24.1 Å². The Bertz CT molecular complexity index is 1930. The summed E-state index contributed by atoms with van der Waals surface area (Å²) in [6.45, 7) is 10.9. The largest absolute Gasteiger partial charge is 2.00 e. The molecule has 8 bridgehead atoms. The van der Waals surface area contributed by atoms with Crippen LogP contribution >= 0.6 is 0 Å². The van der Waals surface area contributed by atoms with E-state index in [1.807, 2.05) is 39.8 Å². The number of aliphatic hydroxyl groups is 2. The fourth-order valence-electron chi connectivity index (χ4n) is 6.15. The van der Waals surface area contributed by atoms with Gasteiger partial charge in [0.2, 0.25) is 0 Å². The van der Waals surface area contributed by atoms with Crippen LogP contribution in [0, 0.1) is 13.8 Å². The van der Waals surface area contributed by atoms with Crippen LogP contribution < -0.4 is 9.97 Å². The Morgan fingerprint density at radius 2 is 1.20 bits per heavy atom. The van der Waals surface area contributed by atoms with Gasteiger partial charge in [-0.15, -0.1) is 22.1 Å². The van der Waals surface area contributed by atoms with E-state index >= 15 is 0 Å². The van der Waals surface area contributed by atoms with Gasteiger partial charge in [0.05, 0.1) is 35.0 Å². The molecule has 236 valence electrons. The van der Waals surface area contributed by atoms with Gasteiger partial charge in [0, 0.05) is 18.4 Å². The number of hydrogen-bond acceptors (Lipinski definition) is 6. The number of rotatable bonds is 8. The minimum Gasteiger partial charge on any atom is -0.657 e. The van der Waals surface area contributed by atoms with Crippen LogP contribution in [0.1, 0.15) is 98.1 Å². The van der Waals surface area contributed by atoms with E-state index in [1.54, 1.807) is 26.0 Å². The summed E-state index contributed by atoms with van der Waals surface area (Å²) in [6, 6.07) is 7.25. The van der Waals surface area contributed by atoms with Gasteiger partial charge < -0.3 is 30.4 Å². The van der Waals surface area contributed by atoms with Crippen LogP contribution in [0.15, 0.2) is 24.3 Å². The molecule has 0 saturated heterocycles. The number of aromatic nitrogens is 4. The summed E-state index contributed by atoms with van der Waals surface area (Å²) in [5.74, 6) is -1.86. The fraction of sp³-hybridized carbons (Fsp3) is 0.353. The van der Waals surface area contributed by atoms with Gasteiger partial charge in [0.15, 0.2) is 0 Å². The van der Waals surface area contributed by atoms with Crippen molar-refractivity contribution in [2.45, 2.75) is 79.4 Å². The van der Waals surface area contributed by atoms with Gasteiger partial charge in [0.25, 0.3) is 0 Å². The van der Waals surface area contributed by atoms with Crippen molar-refractivity contribution < 1.29 is 47.1 Å². The molecule has 2 atom stereocenters. The third-order valence-electron chi connectivity index (χ3n) is 8.49. The zero-order valence-corrected chi connectivity index (χ0v) is 27.1. The molecule has 2 aliphatic rings. The molecule has 0 saturated carbocycles. The predicted octanol–water partition coefficient (Wildman–Crippen LogP) is 5.36. The van der Waals surface area contributed by atoms with E-state index in [-0.39, 0.29) is 42.8 Å². The standard InChI is InChI=1S/C34H38N4O6.Fe/c1-15-21(7-9-31(41)42)27-14-28-22(8-10-32(43)44)16(2)24(36-28)12-29-34(20(6)40)18(4)26(38-29)13-30-33(19(5)39)17(3)25(37-30)11-23(15)35-27;/h11-14,19-20,39-40H,7-10H2,1-6H3,(H4,35,36,37,38,41,42,43,44);/q;+2/p-2. The first-order valence-electron chi connectivity index (χ1n) is 14.6. The third-order valence-corrected chi connectivity index (χ3v) is 8.49. The van der Waals surface area contributed by atoms with Gasteiger partial charge in [0.1, 0.15) is 0 Å². The van der Waals surface area contributed by atoms with Crippen LogP contribution in [0.5, 0.6) is 0 Å². The van der Waals surface area contributed by atoms with Gasteiger partial charge in [-0.25, -0.2) is 9.97 Å². The molecule has 5 rings (SSSR count). The number of hydrogen-bond donors (Lipinski definition) is 4. The number of allylic oxidation sites excluding steroid dienone is 3. The first-order chi connectivity index (χ1) is 20.8. The molecule has 0 fully saturated rings. The minimum atomic E-state index is -0.931. The van der Waals surface area contributed by atoms with Crippen molar-refractivity contribution in [1.29, 1.82) is 0 Å². The first kappa shape index (κ1) is 33.9. The molecule has 0 spiro atoms. The van der Waals surface area contributed by atoms with Crippen molar-refractivity contribution in [3.63, 3.8) is 0 Å². The van der Waals surface area contributed by atoms with Crippen LogP contribution in [0.4, 0.5) is 0 Å². The van der Waals surface area contributed by atoms with Gasteiger partial charge >= 0.3 is 29.0 Å². The molecule has 4 N–H and O–H groups in total. The van der Waals surface area contributed by atoms with Crippen molar-refractivity contribution in [3.8, 4) is 0 Å². The Kier molecular flexibility index (Phi) is 9.89. The number of nitrogens with zero attached hydrogens (tertiary/aromatic N) is 4. The Morgan fingerprint density at radius 1 is 0.689 bits per heavy atom. The average Bonchev–Trinajstić information content (AvgIpc) is 3.59. The SMILES string of the molecule is CC1=C(CCC(=O)O)c2cc3[n-]c(cc4nc(cc5[n-]c(cc1n2)c(C)c5C(C)O)C(C)=C4C(C)O)c(C)c3CCC(=O)O.[Fe+2]. The van der Waals surface area contributed by atoms with E-state index in [4.69, 9.17) is 19.9 Å². The number of carbonyl (C=O) groups is 2. The topological polar surface area (TPSA) is 169 Å². The molecule has 0 amide bonds. The molecule has 0 radical (unpaired) electrons. The number of fused-ring (bicyclic) bond motifs is 8. The van der Waals surface area contributed by atoms with E-state index in [9.17, 15) is 30.0 Å². The number of carboxylic acids is 2. The monoisotopic (exact) mass is 652 g/mol. The van der Waals surface area contributed by atoms with Gasteiger partial charge in [-0.1, -0.05) is 41.0 Å². The Hall–Kier alpha value is -4.02. The molecule has 2 aliphatic heterocycles. The minimum absolute atomic E-state index is 0. The maximum absolute atomic E-state index is 11.5. The number of aliphatic hydroxyl groups excluding tert-OH is 2. The van der Waals surface area contributed by atoms with E-state index in [2.05, 4.69) is 0 Å². The summed E-state index contributed by atoms with van der Waals surface area (Å²) in [5.41, 5.74) is 10.6. The van der Waals surface area contributed by atoms with E-state index in [0.29, 0.717) is 56.0 Å².